The van der Waals surface area contributed by atoms with Crippen LogP contribution in [0.5, 0.6) is 0 Å². The Balaban J connectivity index is 2.54. The highest BCUT2D eigenvalue weighted by molar-refractivity contribution is 7.08. The van der Waals surface area contributed by atoms with Crippen molar-refractivity contribution in [2.45, 2.75) is 6.92 Å². The van der Waals surface area contributed by atoms with Crippen LogP contribution >= 0.6 is 11.3 Å². The first-order chi connectivity index (χ1) is 7.24. The van der Waals surface area contributed by atoms with Gasteiger partial charge in [-0.1, -0.05) is 5.16 Å². The van der Waals surface area contributed by atoms with Gasteiger partial charge in [0.1, 0.15) is 17.0 Å². The van der Waals surface area contributed by atoms with E-state index in [1.165, 1.54) is 18.4 Å². The second-order valence-electron chi connectivity index (χ2n) is 2.97. The molecule has 0 atom stereocenters. The van der Waals surface area contributed by atoms with E-state index < -0.39 is 5.97 Å². The fourth-order valence-electron chi connectivity index (χ4n) is 1.31. The Morgan fingerprint density at radius 1 is 1.60 bits per heavy atom. The van der Waals surface area contributed by atoms with E-state index in [0.29, 0.717) is 17.0 Å². The van der Waals surface area contributed by atoms with Gasteiger partial charge in [0.15, 0.2) is 0 Å². The van der Waals surface area contributed by atoms with E-state index in [2.05, 4.69) is 9.89 Å². The zero-order chi connectivity index (χ0) is 10.8. The van der Waals surface area contributed by atoms with Crippen LogP contribution in [0.25, 0.3) is 11.3 Å². The fourth-order valence-corrected chi connectivity index (χ4v) is 1.95. The number of nitrogens with zero attached hydrogens (tertiary/aromatic N) is 1. The fraction of sp³-hybridized carbons (Fsp3) is 0.200. The van der Waals surface area contributed by atoms with E-state index in [9.17, 15) is 4.79 Å². The number of ether oxygens (including phenoxy) is 1. The lowest BCUT2D eigenvalue weighted by molar-refractivity contribution is 0.0599. The van der Waals surface area contributed by atoms with Crippen LogP contribution in [0.15, 0.2) is 21.3 Å². The molecule has 0 bridgehead atoms. The Morgan fingerprint density at radius 3 is 3.00 bits per heavy atom. The second-order valence-corrected chi connectivity index (χ2v) is 3.75. The van der Waals surface area contributed by atoms with Gasteiger partial charge in [-0.05, 0) is 18.4 Å². The van der Waals surface area contributed by atoms with Gasteiger partial charge in [0, 0.05) is 10.9 Å². The summed E-state index contributed by atoms with van der Waals surface area (Å²) in [5.74, 6) is 0.0537. The van der Waals surface area contributed by atoms with Crippen LogP contribution in [0.3, 0.4) is 0 Å². The SMILES string of the molecule is COC(=O)c1c(-c2ccsc2)noc1C. The summed E-state index contributed by atoms with van der Waals surface area (Å²) < 4.78 is 9.67. The standard InChI is InChI=1S/C10H9NO3S/c1-6-8(10(12)13-2)9(11-14-6)7-3-4-15-5-7/h3-5H,1-2H3. The highest BCUT2D eigenvalue weighted by atomic mass is 32.1. The lowest BCUT2D eigenvalue weighted by Crippen LogP contribution is -2.03. The van der Waals surface area contributed by atoms with Gasteiger partial charge in [-0.3, -0.25) is 0 Å². The van der Waals surface area contributed by atoms with Crippen LogP contribution in [0.4, 0.5) is 0 Å². The summed E-state index contributed by atoms with van der Waals surface area (Å²) in [5, 5.41) is 7.68. The monoisotopic (exact) mass is 223 g/mol. The minimum Gasteiger partial charge on any atom is -0.465 e. The number of carbonyl (C=O) groups is 1. The molecular formula is C10H9NO3S. The Hall–Kier alpha value is -1.62. The Kier molecular flexibility index (Phi) is 2.55. The number of hydrogen-bond acceptors (Lipinski definition) is 5. The summed E-state index contributed by atoms with van der Waals surface area (Å²) >= 11 is 1.54. The smallest absolute Gasteiger partial charge is 0.343 e. The summed E-state index contributed by atoms with van der Waals surface area (Å²) in [5.41, 5.74) is 1.81. The molecule has 0 aliphatic carbocycles. The van der Waals surface area contributed by atoms with Crippen LogP contribution in [0, 0.1) is 6.92 Å². The molecule has 2 rings (SSSR count). The maximum Gasteiger partial charge on any atom is 0.343 e. The molecule has 2 aromatic rings. The van der Waals surface area contributed by atoms with Crippen molar-refractivity contribution in [3.8, 4) is 11.3 Å². The zero-order valence-corrected chi connectivity index (χ0v) is 9.13. The third-order valence-corrected chi connectivity index (χ3v) is 2.73. The van der Waals surface area contributed by atoms with Gasteiger partial charge in [0.05, 0.1) is 7.11 Å². The van der Waals surface area contributed by atoms with Crippen LogP contribution in [-0.4, -0.2) is 18.2 Å². The van der Waals surface area contributed by atoms with E-state index in [1.54, 1.807) is 6.92 Å². The number of aromatic nitrogens is 1. The summed E-state index contributed by atoms with van der Waals surface area (Å²) in [6, 6.07) is 1.88. The van der Waals surface area contributed by atoms with Crippen molar-refractivity contribution in [2.24, 2.45) is 0 Å². The zero-order valence-electron chi connectivity index (χ0n) is 8.31. The van der Waals surface area contributed by atoms with Crippen LogP contribution in [0.1, 0.15) is 16.1 Å². The number of methoxy groups -OCH3 is 1. The maximum absolute atomic E-state index is 11.5. The molecule has 0 radical (unpaired) electrons. The third kappa shape index (κ3) is 1.66. The first-order valence-electron chi connectivity index (χ1n) is 4.31. The largest absolute Gasteiger partial charge is 0.465 e. The topological polar surface area (TPSA) is 52.3 Å². The van der Waals surface area contributed by atoms with Gasteiger partial charge in [0.2, 0.25) is 0 Å². The van der Waals surface area contributed by atoms with Gasteiger partial charge in [-0.15, -0.1) is 0 Å². The van der Waals surface area contributed by atoms with Crippen molar-refractivity contribution in [1.82, 2.24) is 5.16 Å². The molecule has 0 unspecified atom stereocenters. The van der Waals surface area contributed by atoms with Crippen molar-refractivity contribution in [3.63, 3.8) is 0 Å². The molecule has 0 fully saturated rings. The summed E-state index contributed by atoms with van der Waals surface area (Å²) in [4.78, 5) is 11.5. The van der Waals surface area contributed by atoms with E-state index in [-0.39, 0.29) is 0 Å². The van der Waals surface area contributed by atoms with Crippen molar-refractivity contribution in [2.75, 3.05) is 7.11 Å². The number of hydrogen-bond donors (Lipinski definition) is 0. The van der Waals surface area contributed by atoms with Gasteiger partial charge >= 0.3 is 5.97 Å². The van der Waals surface area contributed by atoms with Crippen molar-refractivity contribution >= 4 is 17.3 Å². The predicted octanol–water partition coefficient (Wildman–Crippen LogP) is 2.50. The Bertz CT molecular complexity index is 473. The van der Waals surface area contributed by atoms with Crippen LogP contribution < -0.4 is 0 Å². The molecule has 0 saturated carbocycles. The molecule has 15 heavy (non-hydrogen) atoms. The first-order valence-corrected chi connectivity index (χ1v) is 5.25. The molecule has 78 valence electrons. The molecule has 0 saturated heterocycles. The normalized spacial score (nSPS) is 10.3. The van der Waals surface area contributed by atoms with Gasteiger partial charge in [-0.25, -0.2) is 4.79 Å². The van der Waals surface area contributed by atoms with E-state index in [4.69, 9.17) is 4.52 Å². The Morgan fingerprint density at radius 2 is 2.40 bits per heavy atom. The number of aryl methyl sites for hydroxylation is 1. The second kappa shape index (κ2) is 3.86. The lowest BCUT2D eigenvalue weighted by Gasteiger charge is -1.97. The molecule has 5 heteroatoms. The molecule has 0 N–H and O–H groups in total. The average molecular weight is 223 g/mol. The molecule has 2 heterocycles. The van der Waals surface area contributed by atoms with E-state index in [1.807, 2.05) is 16.8 Å². The molecule has 4 nitrogen and oxygen atoms in total. The number of carbonyl (C=O) groups excluding carboxylic acids is 1. The van der Waals surface area contributed by atoms with Crippen LogP contribution in [-0.2, 0) is 4.74 Å². The van der Waals surface area contributed by atoms with Gasteiger partial charge in [-0.2, -0.15) is 11.3 Å². The first kappa shape index (κ1) is 9.92. The van der Waals surface area contributed by atoms with Crippen molar-refractivity contribution in [1.29, 1.82) is 0 Å². The average Bonchev–Trinajstić information content (AvgIpc) is 2.85. The predicted molar refractivity (Wildman–Crippen MR) is 55.9 cm³/mol. The summed E-state index contributed by atoms with van der Waals surface area (Å²) in [6.07, 6.45) is 0. The highest BCUT2D eigenvalue weighted by Gasteiger charge is 2.22. The molecule has 0 aliphatic heterocycles. The van der Waals surface area contributed by atoms with Gasteiger partial charge < -0.3 is 9.26 Å². The quantitative estimate of drug-likeness (QED) is 0.734. The summed E-state index contributed by atoms with van der Waals surface area (Å²) in [7, 11) is 1.34. The molecular weight excluding hydrogens is 214 g/mol. The number of rotatable bonds is 2. The number of esters is 1. The molecule has 2 aromatic heterocycles. The number of thiophene rings is 1. The van der Waals surface area contributed by atoms with E-state index >= 15 is 0 Å². The van der Waals surface area contributed by atoms with Crippen molar-refractivity contribution in [3.05, 3.63) is 28.2 Å². The molecule has 0 spiro atoms. The molecule has 0 aliphatic rings. The van der Waals surface area contributed by atoms with Gasteiger partial charge in [0.25, 0.3) is 0 Å². The molecule has 0 amide bonds. The Labute approximate surface area is 90.5 Å². The lowest BCUT2D eigenvalue weighted by atomic mass is 10.1. The molecule has 0 aromatic carbocycles. The highest BCUT2D eigenvalue weighted by Crippen LogP contribution is 2.27. The maximum atomic E-state index is 11.5. The van der Waals surface area contributed by atoms with Crippen LogP contribution in [0.2, 0.25) is 0 Å². The minimum absolute atomic E-state index is 0.399. The third-order valence-electron chi connectivity index (χ3n) is 2.05. The minimum atomic E-state index is -0.421. The van der Waals surface area contributed by atoms with E-state index in [0.717, 1.165) is 5.56 Å². The van der Waals surface area contributed by atoms with Crippen molar-refractivity contribution < 1.29 is 14.1 Å². The summed E-state index contributed by atoms with van der Waals surface area (Å²) in [6.45, 7) is 1.69.